The summed E-state index contributed by atoms with van der Waals surface area (Å²) in [6.45, 7) is 2.20. The van der Waals surface area contributed by atoms with Crippen LogP contribution in [-0.4, -0.2) is 0 Å². The highest BCUT2D eigenvalue weighted by molar-refractivity contribution is 7.26. The fourth-order valence-electron chi connectivity index (χ4n) is 8.80. The molecule has 0 nitrogen and oxygen atoms in total. The molecule has 0 amide bonds. The van der Waals surface area contributed by atoms with Crippen LogP contribution in [0.2, 0.25) is 0 Å². The van der Waals surface area contributed by atoms with Crippen LogP contribution in [-0.2, 0) is 0 Å². The molecule has 9 aromatic carbocycles. The quantitative estimate of drug-likeness (QED) is 0.160. The maximum absolute atomic E-state index is 2.47. The van der Waals surface area contributed by atoms with E-state index in [4.69, 9.17) is 0 Å². The summed E-state index contributed by atoms with van der Waals surface area (Å²) in [5, 5.41) is 13.0. The van der Waals surface area contributed by atoms with Crippen molar-refractivity contribution in [2.75, 3.05) is 0 Å². The molecule has 0 unspecified atom stereocenters. The van der Waals surface area contributed by atoms with Gasteiger partial charge in [0.1, 0.15) is 0 Å². The van der Waals surface area contributed by atoms with Gasteiger partial charge < -0.3 is 0 Å². The normalized spacial score (nSPS) is 11.9. The second kappa shape index (κ2) is 12.0. The van der Waals surface area contributed by atoms with E-state index < -0.39 is 0 Å². The van der Waals surface area contributed by atoms with E-state index in [9.17, 15) is 0 Å². The van der Waals surface area contributed by atoms with E-state index >= 15 is 0 Å². The van der Waals surface area contributed by atoms with Crippen molar-refractivity contribution >= 4 is 85.9 Å². The first-order valence-electron chi connectivity index (χ1n) is 18.2. The molecule has 0 aliphatic rings. The van der Waals surface area contributed by atoms with Crippen LogP contribution < -0.4 is 0 Å². The number of aryl methyl sites for hydroxylation is 1. The van der Waals surface area contributed by atoms with Gasteiger partial charge in [-0.25, -0.2) is 0 Å². The first-order valence-corrected chi connectivity index (χ1v) is 19.8. The molecular formula is C51H32S2. The molecular weight excluding hydrogens is 677 g/mol. The number of benzene rings is 9. The number of fused-ring (bicyclic) bond motifs is 7. The number of rotatable bonds is 4. The highest BCUT2D eigenvalue weighted by Crippen LogP contribution is 2.50. The average Bonchev–Trinajstić information content (AvgIpc) is 3.82. The van der Waals surface area contributed by atoms with Gasteiger partial charge in [0.15, 0.2) is 0 Å². The Balaban J connectivity index is 1.23. The van der Waals surface area contributed by atoms with Gasteiger partial charge in [-0.2, -0.15) is 0 Å². The molecule has 53 heavy (non-hydrogen) atoms. The Morgan fingerprint density at radius 2 is 0.830 bits per heavy atom. The number of hydrogen-bond acceptors (Lipinski definition) is 2. The van der Waals surface area contributed by atoms with Crippen LogP contribution in [0.3, 0.4) is 0 Å². The molecule has 0 saturated heterocycles. The van der Waals surface area contributed by atoms with E-state index in [1.54, 1.807) is 0 Å². The van der Waals surface area contributed by atoms with E-state index in [0.717, 1.165) is 0 Å². The van der Waals surface area contributed by atoms with Crippen LogP contribution >= 0.6 is 22.7 Å². The standard InChI is InChI=1S/C51H32S2/c1-31-26-28-46(52-31)50-40-22-11-9-20-38(40)49(39-21-10-12-23-41(39)50)42-24-13-25-45-51(42)43-30-33(27-29-44(43)53-45)48-36-18-7-5-16-34(36)47(32-14-3-2-4-15-32)35-17-6-8-19-37(35)48/h2-30H,1H3. The molecule has 248 valence electrons. The highest BCUT2D eigenvalue weighted by Gasteiger charge is 2.22. The van der Waals surface area contributed by atoms with Crippen LogP contribution in [0.5, 0.6) is 0 Å². The lowest BCUT2D eigenvalue weighted by Gasteiger charge is -2.18. The van der Waals surface area contributed by atoms with E-state index in [1.807, 2.05) is 22.7 Å². The van der Waals surface area contributed by atoms with Crippen molar-refractivity contribution in [1.29, 1.82) is 0 Å². The zero-order valence-corrected chi connectivity index (χ0v) is 30.7. The van der Waals surface area contributed by atoms with Gasteiger partial charge in [0.05, 0.1) is 0 Å². The molecule has 0 aliphatic heterocycles. The SMILES string of the molecule is Cc1ccc(-c2c3ccccc3c(-c3cccc4sc5ccc(-c6c7ccccc7c(-c7ccccc7)c7ccccc67)cc5c34)c3ccccc23)s1. The zero-order valence-electron chi connectivity index (χ0n) is 29.1. The minimum atomic E-state index is 1.25. The summed E-state index contributed by atoms with van der Waals surface area (Å²) >= 11 is 3.78. The van der Waals surface area contributed by atoms with E-state index in [2.05, 4.69) is 183 Å². The van der Waals surface area contributed by atoms with Crippen molar-refractivity contribution in [3.05, 3.63) is 181 Å². The summed E-state index contributed by atoms with van der Waals surface area (Å²) in [6, 6.07) is 65.4. The second-order valence-corrected chi connectivity index (χ2v) is 16.3. The van der Waals surface area contributed by atoms with E-state index in [0.29, 0.717) is 0 Å². The number of thiophene rings is 2. The van der Waals surface area contributed by atoms with Crippen LogP contribution in [0.25, 0.3) is 107 Å². The Morgan fingerprint density at radius 3 is 1.38 bits per heavy atom. The topological polar surface area (TPSA) is 0 Å². The predicted octanol–water partition coefficient (Wildman–Crippen LogP) is 15.7. The van der Waals surface area contributed by atoms with Gasteiger partial charge in [-0.15, -0.1) is 22.7 Å². The predicted molar refractivity (Wildman–Crippen MR) is 234 cm³/mol. The Labute approximate surface area is 315 Å². The van der Waals surface area contributed by atoms with Crippen molar-refractivity contribution in [3.63, 3.8) is 0 Å². The fourth-order valence-corrected chi connectivity index (χ4v) is 10.9. The molecule has 2 heteroatoms. The first-order chi connectivity index (χ1) is 26.2. The molecule has 0 spiro atoms. The molecule has 11 aromatic rings. The van der Waals surface area contributed by atoms with Crippen molar-refractivity contribution in [1.82, 2.24) is 0 Å². The average molecular weight is 709 g/mol. The maximum Gasteiger partial charge on any atom is 0.0361 e. The Bertz CT molecular complexity index is 3120. The van der Waals surface area contributed by atoms with Crippen molar-refractivity contribution in [2.45, 2.75) is 6.92 Å². The summed E-state index contributed by atoms with van der Waals surface area (Å²) < 4.78 is 2.62. The summed E-state index contributed by atoms with van der Waals surface area (Å²) in [6.07, 6.45) is 0. The lowest BCUT2D eigenvalue weighted by atomic mass is 9.85. The summed E-state index contributed by atoms with van der Waals surface area (Å²) in [4.78, 5) is 2.65. The molecule has 2 heterocycles. The van der Waals surface area contributed by atoms with Crippen LogP contribution in [0.15, 0.2) is 176 Å². The van der Waals surface area contributed by atoms with Gasteiger partial charge >= 0.3 is 0 Å². The Kier molecular flexibility index (Phi) is 6.92. The van der Waals surface area contributed by atoms with Gasteiger partial charge in [-0.05, 0) is 114 Å². The third kappa shape index (κ3) is 4.66. The van der Waals surface area contributed by atoms with Gasteiger partial charge in [0.25, 0.3) is 0 Å². The Hall–Kier alpha value is -6.06. The third-order valence-corrected chi connectivity index (χ3v) is 13.1. The molecule has 0 atom stereocenters. The minimum absolute atomic E-state index is 1.25. The van der Waals surface area contributed by atoms with Crippen molar-refractivity contribution in [2.24, 2.45) is 0 Å². The molecule has 2 aromatic heterocycles. The number of hydrogen-bond donors (Lipinski definition) is 0. The second-order valence-electron chi connectivity index (χ2n) is 14.0. The largest absolute Gasteiger partial charge is 0.141 e. The maximum atomic E-state index is 2.47. The lowest BCUT2D eigenvalue weighted by Crippen LogP contribution is -1.91. The Morgan fingerprint density at radius 1 is 0.321 bits per heavy atom. The van der Waals surface area contributed by atoms with Gasteiger partial charge in [-0.1, -0.05) is 146 Å². The summed E-state index contributed by atoms with van der Waals surface area (Å²) in [5.74, 6) is 0. The third-order valence-electron chi connectivity index (χ3n) is 11.0. The summed E-state index contributed by atoms with van der Waals surface area (Å²) in [7, 11) is 0. The van der Waals surface area contributed by atoms with Crippen LogP contribution in [0.1, 0.15) is 4.88 Å². The van der Waals surface area contributed by atoms with Crippen LogP contribution in [0.4, 0.5) is 0 Å². The van der Waals surface area contributed by atoms with Crippen LogP contribution in [0, 0.1) is 6.92 Å². The molecule has 0 fully saturated rings. The molecule has 0 saturated carbocycles. The van der Waals surface area contributed by atoms with Gasteiger partial charge in [0, 0.05) is 35.5 Å². The van der Waals surface area contributed by atoms with E-state index in [1.165, 1.54) is 112 Å². The van der Waals surface area contributed by atoms with Gasteiger partial charge in [-0.3, -0.25) is 0 Å². The smallest absolute Gasteiger partial charge is 0.0361 e. The fraction of sp³-hybridized carbons (Fsp3) is 0.0196. The lowest BCUT2D eigenvalue weighted by molar-refractivity contribution is 1.64. The van der Waals surface area contributed by atoms with Crippen molar-refractivity contribution in [3.8, 4) is 43.8 Å². The zero-order chi connectivity index (χ0) is 35.0. The monoisotopic (exact) mass is 708 g/mol. The van der Waals surface area contributed by atoms with E-state index in [-0.39, 0.29) is 0 Å². The minimum Gasteiger partial charge on any atom is -0.141 e. The molecule has 0 aliphatic carbocycles. The molecule has 0 radical (unpaired) electrons. The molecule has 11 rings (SSSR count). The van der Waals surface area contributed by atoms with Crippen molar-refractivity contribution < 1.29 is 0 Å². The van der Waals surface area contributed by atoms with Gasteiger partial charge in [0.2, 0.25) is 0 Å². The first kappa shape index (κ1) is 30.6. The highest BCUT2D eigenvalue weighted by atomic mass is 32.1. The molecule has 0 bridgehead atoms. The summed E-state index contributed by atoms with van der Waals surface area (Å²) in [5.41, 5.74) is 9.02. The molecule has 0 N–H and O–H groups in total.